The molecule has 0 aromatic carbocycles. The summed E-state index contributed by atoms with van der Waals surface area (Å²) in [6.45, 7) is 0.333. The van der Waals surface area contributed by atoms with Crippen LogP contribution in [0.1, 0.15) is 0 Å². The first-order valence-corrected chi connectivity index (χ1v) is 0.971. The largest absolute Gasteiger partial charge is 0.509 e. The van der Waals surface area contributed by atoms with Gasteiger partial charge in [-0.1, -0.05) is 4.79 Å². The quantitative estimate of drug-likeness (QED) is 0.273. The molecule has 0 radical (unpaired) electrons. The van der Waals surface area contributed by atoms with Crippen LogP contribution in [0.15, 0.2) is 13.8 Å². The van der Waals surface area contributed by atoms with Gasteiger partial charge in [-0.25, -0.2) is 0 Å². The minimum absolute atomic E-state index is 0.333. The number of hydrogen-bond donors (Lipinski definition) is 0. The van der Waals surface area contributed by atoms with Gasteiger partial charge in [0, 0.05) is 4.37 Å². The van der Waals surface area contributed by atoms with E-state index in [1.165, 1.54) is 4.37 Å². The third-order valence-electron chi connectivity index (χ3n) is 0.225. The predicted molar refractivity (Wildman–Crippen MR) is 9.99 cm³/mol. The molecule has 0 atom stereocenters. The third-order valence-corrected chi connectivity index (χ3v) is 0.225. The average molecular weight is 77.0 g/mol. The standard InChI is InChI=1S/CHO4/c2-1-5-3-4-5/h1H/q+1. The zero-order valence-electron chi connectivity index (χ0n) is 2.21. The van der Waals surface area contributed by atoms with Crippen LogP contribution in [-0.4, -0.2) is 6.47 Å². The topological polar surface area (TPSA) is 46.1 Å². The van der Waals surface area contributed by atoms with E-state index < -0.39 is 0 Å². The molecular formula is CHO4+. The van der Waals surface area contributed by atoms with E-state index in [0.29, 0.717) is 6.47 Å². The second-order valence-electron chi connectivity index (χ2n) is 0.493. The van der Waals surface area contributed by atoms with Crippen molar-refractivity contribution in [3.63, 3.8) is 0 Å². The Bertz CT molecular complexity index is 90.6. The molecule has 1 aromatic rings. The lowest BCUT2D eigenvalue weighted by Crippen LogP contribution is -1.52. The molecule has 0 fully saturated rings. The van der Waals surface area contributed by atoms with Crippen LogP contribution in [0.3, 0.4) is 0 Å². The van der Waals surface area contributed by atoms with Gasteiger partial charge in [0.25, 0.3) is 0 Å². The van der Waals surface area contributed by atoms with Crippen LogP contribution in [0, 0.1) is 0 Å². The molecule has 0 aliphatic rings. The molecular weight excluding hydrogens is 76.0 g/mol. The summed E-state index contributed by atoms with van der Waals surface area (Å²) in [5, 5.41) is 0. The number of carbonyl (C=O) groups excluding carboxylic acids is 1. The van der Waals surface area contributed by atoms with E-state index >= 15 is 0 Å². The van der Waals surface area contributed by atoms with Crippen molar-refractivity contribution < 1.29 is 18.6 Å². The first-order valence-electron chi connectivity index (χ1n) is 0.971. The second kappa shape index (κ2) is 0.512. The lowest BCUT2D eigenvalue weighted by atomic mass is 11.7. The summed E-state index contributed by atoms with van der Waals surface area (Å²) < 4.78 is 8.79. The van der Waals surface area contributed by atoms with Gasteiger partial charge in [-0.05, 0) is 0 Å². The fourth-order valence-corrected chi connectivity index (χ4v) is 0.0481. The van der Waals surface area contributed by atoms with E-state index in [1.54, 1.807) is 0 Å². The summed E-state index contributed by atoms with van der Waals surface area (Å²) in [7, 11) is 0. The number of hydrogen-bond acceptors (Lipinski definition) is 3. The van der Waals surface area contributed by atoms with Crippen molar-refractivity contribution in [3.8, 4) is 0 Å². The summed E-state index contributed by atoms with van der Waals surface area (Å²) in [6, 6.07) is 0. The van der Waals surface area contributed by atoms with Crippen molar-refractivity contribution in [2.75, 3.05) is 0 Å². The highest BCUT2D eigenvalue weighted by Crippen LogP contribution is 1.98. The highest BCUT2D eigenvalue weighted by atomic mass is 17.7. The molecule has 0 bridgehead atoms. The zero-order chi connectivity index (χ0) is 3.70. The average Bonchev–Trinajstić information content (AvgIpc) is 2.12. The Balaban J connectivity index is 2.64. The fourth-order valence-electron chi connectivity index (χ4n) is 0.0481. The summed E-state index contributed by atoms with van der Waals surface area (Å²) in [4.78, 5) is 9.21. The van der Waals surface area contributed by atoms with E-state index in [9.17, 15) is 4.79 Å². The van der Waals surface area contributed by atoms with Crippen LogP contribution in [0.5, 0.6) is 0 Å². The Labute approximate surface area is 26.4 Å². The summed E-state index contributed by atoms with van der Waals surface area (Å²) in [5.41, 5.74) is 0. The SMILES string of the molecule is O=C[o+]1oo1. The van der Waals surface area contributed by atoms with Gasteiger partial charge in [0.15, 0.2) is 9.47 Å². The maximum absolute atomic E-state index is 9.21. The Morgan fingerprint density at radius 3 is 2.20 bits per heavy atom. The minimum atomic E-state index is 0.333. The van der Waals surface area contributed by atoms with Gasteiger partial charge < -0.3 is 0 Å². The highest BCUT2D eigenvalue weighted by molar-refractivity contribution is 5.37. The monoisotopic (exact) mass is 77.0 g/mol. The predicted octanol–water partition coefficient (Wildman–Crippen LogP) is 0.192. The Kier molecular flexibility index (Phi) is 0.237. The van der Waals surface area contributed by atoms with Crippen molar-refractivity contribution in [1.82, 2.24) is 0 Å². The van der Waals surface area contributed by atoms with Gasteiger partial charge in [-0.15, -0.1) is 0 Å². The molecule has 5 heavy (non-hydrogen) atoms. The molecule has 0 saturated carbocycles. The molecule has 0 unspecified atom stereocenters. The van der Waals surface area contributed by atoms with Crippen LogP contribution in [0.2, 0.25) is 0 Å². The highest BCUT2D eigenvalue weighted by Gasteiger charge is 2.05. The van der Waals surface area contributed by atoms with Crippen LogP contribution >= 0.6 is 0 Å². The van der Waals surface area contributed by atoms with Gasteiger partial charge in [-0.3, -0.25) is 0 Å². The van der Waals surface area contributed by atoms with Crippen molar-refractivity contribution in [2.45, 2.75) is 0 Å². The molecule has 1 heterocycles. The Hall–Kier alpha value is -0.930. The Morgan fingerprint density at radius 2 is 2.20 bits per heavy atom. The third kappa shape index (κ3) is 0.212. The molecule has 0 N–H and O–H groups in total. The first kappa shape index (κ1) is 2.32. The minimum Gasteiger partial charge on any atom is -0.0987 e. The maximum Gasteiger partial charge on any atom is 0.509 e. The zero-order valence-corrected chi connectivity index (χ0v) is 2.21. The molecule has 0 spiro atoms. The van der Waals surface area contributed by atoms with Gasteiger partial charge >= 0.3 is 6.47 Å². The summed E-state index contributed by atoms with van der Waals surface area (Å²) >= 11 is 0. The molecule has 4 nitrogen and oxygen atoms in total. The van der Waals surface area contributed by atoms with Crippen LogP contribution < -0.4 is 0 Å². The maximum atomic E-state index is 9.21. The van der Waals surface area contributed by atoms with Crippen molar-refractivity contribution in [2.24, 2.45) is 0 Å². The summed E-state index contributed by atoms with van der Waals surface area (Å²) in [6.07, 6.45) is 0. The van der Waals surface area contributed by atoms with Crippen LogP contribution in [-0.2, 0) is 4.79 Å². The smallest absolute Gasteiger partial charge is 0.0987 e. The molecule has 28 valence electrons. The van der Waals surface area contributed by atoms with Crippen LogP contribution in [0.4, 0.5) is 0 Å². The molecule has 0 aliphatic carbocycles. The van der Waals surface area contributed by atoms with Gasteiger partial charge in [0.1, 0.15) is 0 Å². The van der Waals surface area contributed by atoms with Crippen molar-refractivity contribution in [1.29, 1.82) is 0 Å². The van der Waals surface area contributed by atoms with Gasteiger partial charge in [0.2, 0.25) is 0 Å². The molecule has 0 aliphatic heterocycles. The van der Waals surface area contributed by atoms with E-state index in [4.69, 9.17) is 0 Å². The molecule has 1 aromatic heterocycles. The molecule has 1 rings (SSSR count). The van der Waals surface area contributed by atoms with Crippen molar-refractivity contribution >= 4 is 6.47 Å². The lowest BCUT2D eigenvalue weighted by Gasteiger charge is -1.30. The molecule has 4 heteroatoms. The first-order chi connectivity index (χ1) is 2.43. The lowest BCUT2D eigenvalue weighted by molar-refractivity contribution is 0.0947. The van der Waals surface area contributed by atoms with E-state index in [0.717, 1.165) is 0 Å². The van der Waals surface area contributed by atoms with Crippen LogP contribution in [0.25, 0.3) is 0 Å². The van der Waals surface area contributed by atoms with Crippen molar-refractivity contribution in [3.05, 3.63) is 0 Å². The normalized spacial score (nSPS) is 8.80. The number of rotatable bonds is 1. The molecule has 0 saturated heterocycles. The Morgan fingerprint density at radius 1 is 1.60 bits per heavy atom. The second-order valence-corrected chi connectivity index (χ2v) is 0.493. The van der Waals surface area contributed by atoms with Gasteiger partial charge in [-0.2, -0.15) is 0 Å². The van der Waals surface area contributed by atoms with Gasteiger partial charge in [0.05, 0.1) is 0 Å². The van der Waals surface area contributed by atoms with E-state index in [2.05, 4.69) is 9.47 Å². The fraction of sp³-hybridized carbons (Fsp3) is 0. The molecule has 0 amide bonds. The van der Waals surface area contributed by atoms with E-state index in [1.807, 2.05) is 0 Å². The number of carbonyl (C=O) groups is 1. The summed E-state index contributed by atoms with van der Waals surface area (Å²) in [5.74, 6) is 0. The van der Waals surface area contributed by atoms with E-state index in [-0.39, 0.29) is 0 Å².